The van der Waals surface area contributed by atoms with E-state index in [9.17, 15) is 18.0 Å². The lowest BCUT2D eigenvalue weighted by Crippen LogP contribution is -2.46. The van der Waals surface area contributed by atoms with Gasteiger partial charge in [0.1, 0.15) is 9.77 Å². The van der Waals surface area contributed by atoms with Crippen LogP contribution in [0.5, 0.6) is 0 Å². The van der Waals surface area contributed by atoms with Crippen molar-refractivity contribution in [3.63, 3.8) is 0 Å². The third-order valence-corrected chi connectivity index (χ3v) is 7.94. The highest BCUT2D eigenvalue weighted by Crippen LogP contribution is 2.25. The predicted molar refractivity (Wildman–Crippen MR) is 127 cm³/mol. The molecule has 1 saturated heterocycles. The topological polar surface area (TPSA) is 108 Å². The Morgan fingerprint density at radius 2 is 1.70 bits per heavy atom. The number of hydrogen-bond acceptors (Lipinski definition) is 6. The Kier molecular flexibility index (Phi) is 6.75. The summed E-state index contributed by atoms with van der Waals surface area (Å²) in [5, 5.41) is 4.53. The molecule has 2 amide bonds. The number of pyridine rings is 1. The average Bonchev–Trinajstić information content (AvgIpc) is 3.33. The number of piperidine rings is 1. The molecule has 2 N–H and O–H groups in total. The number of rotatable bonds is 6. The number of likely N-dealkylation sites (tertiary alicyclic amines) is 1. The van der Waals surface area contributed by atoms with Gasteiger partial charge in [-0.05, 0) is 55.5 Å². The number of sulfonamides is 1. The van der Waals surface area contributed by atoms with E-state index < -0.39 is 15.9 Å². The minimum Gasteiger partial charge on any atom is -0.348 e. The molecular weight excluding hydrogens is 460 g/mol. The fourth-order valence-corrected chi connectivity index (χ4v) is 6.05. The van der Waals surface area contributed by atoms with Crippen LogP contribution in [0.25, 0.3) is 0 Å². The number of nitrogens with zero attached hydrogens (tertiary/aromatic N) is 2. The van der Waals surface area contributed by atoms with Crippen molar-refractivity contribution in [1.82, 2.24) is 15.2 Å². The van der Waals surface area contributed by atoms with Gasteiger partial charge in [0, 0.05) is 42.8 Å². The van der Waals surface area contributed by atoms with E-state index >= 15 is 0 Å². The Morgan fingerprint density at radius 1 is 1.03 bits per heavy atom. The van der Waals surface area contributed by atoms with Crippen LogP contribution in [0.1, 0.15) is 38.4 Å². The maximum atomic E-state index is 12.9. The van der Waals surface area contributed by atoms with Gasteiger partial charge in [0.15, 0.2) is 0 Å². The van der Waals surface area contributed by atoms with Crippen LogP contribution in [0.15, 0.2) is 65.1 Å². The highest BCUT2D eigenvalue weighted by molar-refractivity contribution is 7.93. The van der Waals surface area contributed by atoms with Crippen LogP contribution in [0.3, 0.4) is 0 Å². The highest BCUT2D eigenvalue weighted by Gasteiger charge is 2.28. The normalized spacial score (nSPS) is 14.6. The summed E-state index contributed by atoms with van der Waals surface area (Å²) < 4.78 is 28.3. The number of anilines is 1. The number of nitrogens with one attached hydrogen (secondary N) is 2. The summed E-state index contributed by atoms with van der Waals surface area (Å²) >= 11 is 1.09. The van der Waals surface area contributed by atoms with Crippen molar-refractivity contribution in [2.45, 2.75) is 30.7 Å². The first kappa shape index (κ1) is 22.9. The van der Waals surface area contributed by atoms with Gasteiger partial charge in [-0.1, -0.05) is 17.7 Å². The zero-order valence-corrected chi connectivity index (χ0v) is 19.7. The van der Waals surface area contributed by atoms with Crippen molar-refractivity contribution >= 4 is 38.9 Å². The van der Waals surface area contributed by atoms with E-state index in [1.54, 1.807) is 46.9 Å². The smallest absolute Gasteiger partial charge is 0.263 e. The molecule has 2 aromatic heterocycles. The minimum absolute atomic E-state index is 0.0455. The van der Waals surface area contributed by atoms with Crippen molar-refractivity contribution in [2.75, 3.05) is 17.8 Å². The Balaban J connectivity index is 1.38. The molecule has 8 nitrogen and oxygen atoms in total. The summed E-state index contributed by atoms with van der Waals surface area (Å²) in [6, 6.07) is 11.6. The first-order chi connectivity index (χ1) is 15.8. The standard InChI is InChI=1S/C23H24N4O4S2/c1-16-2-4-19(5-3-16)26-33(30,31)20-10-15-32-21(20)22(28)25-18-8-13-27(14-9-18)23(29)17-6-11-24-12-7-17/h2-7,10-12,15,18,26H,8-9,13-14H2,1H3,(H,25,28). The molecular formula is C23H24N4O4S2. The summed E-state index contributed by atoms with van der Waals surface area (Å²) in [5.74, 6) is -0.482. The fourth-order valence-electron chi connectivity index (χ4n) is 3.66. The van der Waals surface area contributed by atoms with E-state index in [0.29, 0.717) is 37.2 Å². The number of thiophene rings is 1. The predicted octanol–water partition coefficient (Wildman–Crippen LogP) is 3.29. The van der Waals surface area contributed by atoms with E-state index in [4.69, 9.17) is 0 Å². The van der Waals surface area contributed by atoms with Crippen LogP contribution in [-0.4, -0.2) is 49.2 Å². The van der Waals surface area contributed by atoms with Crippen LogP contribution < -0.4 is 10.0 Å². The quantitative estimate of drug-likeness (QED) is 0.558. The van der Waals surface area contributed by atoms with Gasteiger partial charge in [0.05, 0.1) is 0 Å². The number of amides is 2. The maximum Gasteiger partial charge on any atom is 0.263 e. The molecule has 0 aliphatic carbocycles. The number of carbonyl (C=O) groups is 2. The van der Waals surface area contributed by atoms with E-state index in [-0.39, 0.29) is 21.7 Å². The lowest BCUT2D eigenvalue weighted by atomic mass is 10.0. The highest BCUT2D eigenvalue weighted by atomic mass is 32.2. The molecule has 1 aliphatic heterocycles. The van der Waals surface area contributed by atoms with Crippen LogP contribution >= 0.6 is 11.3 Å². The number of carbonyl (C=O) groups excluding carboxylic acids is 2. The number of hydrogen-bond donors (Lipinski definition) is 2. The number of aromatic nitrogens is 1. The van der Waals surface area contributed by atoms with E-state index in [1.807, 2.05) is 19.1 Å². The summed E-state index contributed by atoms with van der Waals surface area (Å²) in [6.07, 6.45) is 4.36. The first-order valence-corrected chi connectivity index (χ1v) is 12.9. The second kappa shape index (κ2) is 9.72. The lowest BCUT2D eigenvalue weighted by Gasteiger charge is -2.32. The molecule has 3 heterocycles. The molecule has 4 rings (SSSR count). The zero-order chi connectivity index (χ0) is 23.4. The summed E-state index contributed by atoms with van der Waals surface area (Å²) in [7, 11) is -3.91. The zero-order valence-electron chi connectivity index (χ0n) is 18.0. The van der Waals surface area contributed by atoms with Gasteiger partial charge < -0.3 is 10.2 Å². The molecule has 0 radical (unpaired) electrons. The molecule has 0 unspecified atom stereocenters. The largest absolute Gasteiger partial charge is 0.348 e. The fraction of sp³-hybridized carbons (Fsp3) is 0.261. The maximum absolute atomic E-state index is 12.9. The molecule has 0 spiro atoms. The Bertz CT molecular complexity index is 1230. The molecule has 1 aliphatic rings. The molecule has 0 atom stereocenters. The van der Waals surface area contributed by atoms with Crippen molar-refractivity contribution in [2.24, 2.45) is 0 Å². The molecule has 3 aromatic rings. The Hall–Kier alpha value is -3.24. The van der Waals surface area contributed by atoms with Gasteiger partial charge in [-0.25, -0.2) is 8.42 Å². The van der Waals surface area contributed by atoms with Crippen LogP contribution in [-0.2, 0) is 10.0 Å². The first-order valence-electron chi connectivity index (χ1n) is 10.5. The van der Waals surface area contributed by atoms with Gasteiger partial charge in [0.25, 0.3) is 21.8 Å². The van der Waals surface area contributed by atoms with Crippen molar-refractivity contribution in [1.29, 1.82) is 0 Å². The third kappa shape index (κ3) is 5.40. The molecule has 10 heteroatoms. The molecule has 1 fully saturated rings. The van der Waals surface area contributed by atoms with E-state index in [2.05, 4.69) is 15.0 Å². The third-order valence-electron chi connectivity index (χ3n) is 5.47. The second-order valence-corrected chi connectivity index (χ2v) is 10.4. The van der Waals surface area contributed by atoms with Gasteiger partial charge in [-0.2, -0.15) is 0 Å². The van der Waals surface area contributed by atoms with Gasteiger partial charge in [-0.15, -0.1) is 11.3 Å². The van der Waals surface area contributed by atoms with Gasteiger partial charge in [0.2, 0.25) is 0 Å². The van der Waals surface area contributed by atoms with Crippen LogP contribution in [0.2, 0.25) is 0 Å². The molecule has 0 bridgehead atoms. The number of benzene rings is 1. The Labute approximate surface area is 196 Å². The van der Waals surface area contributed by atoms with E-state index in [0.717, 1.165) is 16.9 Å². The SMILES string of the molecule is Cc1ccc(NS(=O)(=O)c2ccsc2C(=O)NC2CCN(C(=O)c3ccncc3)CC2)cc1. The summed E-state index contributed by atoms with van der Waals surface area (Å²) in [6.45, 7) is 2.94. The molecule has 172 valence electrons. The molecule has 33 heavy (non-hydrogen) atoms. The molecule has 1 aromatic carbocycles. The van der Waals surface area contributed by atoms with Crippen molar-refractivity contribution in [3.05, 3.63) is 76.2 Å². The monoisotopic (exact) mass is 484 g/mol. The van der Waals surface area contributed by atoms with Crippen molar-refractivity contribution in [3.8, 4) is 0 Å². The summed E-state index contributed by atoms with van der Waals surface area (Å²) in [4.78, 5) is 31.3. The summed E-state index contributed by atoms with van der Waals surface area (Å²) in [5.41, 5.74) is 2.04. The van der Waals surface area contributed by atoms with Crippen LogP contribution in [0.4, 0.5) is 5.69 Å². The van der Waals surface area contributed by atoms with Gasteiger partial charge in [-0.3, -0.25) is 19.3 Å². The van der Waals surface area contributed by atoms with Crippen LogP contribution in [0, 0.1) is 6.92 Å². The lowest BCUT2D eigenvalue weighted by molar-refractivity contribution is 0.0698. The average molecular weight is 485 g/mol. The van der Waals surface area contributed by atoms with E-state index in [1.165, 1.54) is 6.07 Å². The van der Waals surface area contributed by atoms with Crippen molar-refractivity contribution < 1.29 is 18.0 Å². The Morgan fingerprint density at radius 3 is 2.36 bits per heavy atom. The van der Waals surface area contributed by atoms with Gasteiger partial charge >= 0.3 is 0 Å². The number of aryl methyl sites for hydroxylation is 1. The second-order valence-electron chi connectivity index (χ2n) is 7.86. The minimum atomic E-state index is -3.91. The molecule has 0 saturated carbocycles.